The maximum atomic E-state index is 12.1. The van der Waals surface area contributed by atoms with E-state index in [1.165, 1.54) is 11.3 Å². The van der Waals surface area contributed by atoms with Crippen LogP contribution in [-0.4, -0.2) is 35.5 Å². The Morgan fingerprint density at radius 2 is 1.96 bits per heavy atom. The molecule has 2 aromatic rings. The Hall–Kier alpha value is -2.12. The number of ether oxygens (including phenoxy) is 2. The van der Waals surface area contributed by atoms with Gasteiger partial charge in [-0.1, -0.05) is 11.3 Å². The van der Waals surface area contributed by atoms with Crippen molar-refractivity contribution in [2.45, 2.75) is 27.3 Å². The van der Waals surface area contributed by atoms with Crippen molar-refractivity contribution in [1.29, 1.82) is 0 Å². The van der Waals surface area contributed by atoms with Crippen LogP contribution in [-0.2, 0) is 11.3 Å². The lowest BCUT2D eigenvalue weighted by atomic mass is 10.3. The van der Waals surface area contributed by atoms with E-state index in [1.807, 2.05) is 42.7 Å². The minimum absolute atomic E-state index is 0.0314. The molecule has 0 radical (unpaired) electrons. The molecule has 0 saturated heterocycles. The van der Waals surface area contributed by atoms with Gasteiger partial charge >= 0.3 is 5.97 Å². The maximum Gasteiger partial charge on any atom is 0.350 e. The van der Waals surface area contributed by atoms with E-state index < -0.39 is 0 Å². The molecule has 0 saturated carbocycles. The summed E-state index contributed by atoms with van der Waals surface area (Å²) < 4.78 is 12.3. The average Bonchev–Trinajstić information content (AvgIpc) is 2.87. The standard InChI is InChI=1S/C17H22N2O4S/c1-4-22-14-8-6-13(7-9-14)18-17-19(10-11-20)12(3)15(24-17)16(21)23-5-2/h6-9,20H,4-5,10-11H2,1-3H3. The highest BCUT2D eigenvalue weighted by Crippen LogP contribution is 2.19. The van der Waals surface area contributed by atoms with Gasteiger partial charge in [-0.25, -0.2) is 9.79 Å². The lowest BCUT2D eigenvalue weighted by molar-refractivity contribution is 0.0530. The lowest BCUT2D eigenvalue weighted by Crippen LogP contribution is -2.18. The molecule has 0 spiro atoms. The van der Waals surface area contributed by atoms with E-state index in [4.69, 9.17) is 9.47 Å². The zero-order valence-corrected chi connectivity index (χ0v) is 14.9. The molecule has 0 unspecified atom stereocenters. The third-order valence-corrected chi connectivity index (χ3v) is 4.48. The highest BCUT2D eigenvalue weighted by Gasteiger charge is 2.17. The van der Waals surface area contributed by atoms with Gasteiger partial charge in [0.05, 0.1) is 25.5 Å². The first-order valence-corrected chi connectivity index (χ1v) is 8.68. The van der Waals surface area contributed by atoms with Crippen molar-refractivity contribution in [3.05, 3.63) is 39.6 Å². The van der Waals surface area contributed by atoms with E-state index in [1.54, 1.807) is 6.92 Å². The number of esters is 1. The molecule has 0 amide bonds. The smallest absolute Gasteiger partial charge is 0.350 e. The van der Waals surface area contributed by atoms with Crippen molar-refractivity contribution in [3.63, 3.8) is 0 Å². The fraction of sp³-hybridized carbons (Fsp3) is 0.412. The van der Waals surface area contributed by atoms with E-state index in [2.05, 4.69) is 4.99 Å². The molecule has 1 heterocycles. The van der Waals surface area contributed by atoms with Crippen molar-refractivity contribution >= 4 is 23.0 Å². The van der Waals surface area contributed by atoms with Crippen molar-refractivity contribution in [3.8, 4) is 5.75 Å². The fourth-order valence-corrected chi connectivity index (χ4v) is 3.29. The molecule has 0 aliphatic rings. The van der Waals surface area contributed by atoms with Gasteiger partial charge < -0.3 is 19.1 Å². The number of carbonyl (C=O) groups is 1. The van der Waals surface area contributed by atoms with Gasteiger partial charge in [0.1, 0.15) is 10.6 Å². The molecular formula is C17H22N2O4S. The van der Waals surface area contributed by atoms with Crippen LogP contribution >= 0.6 is 11.3 Å². The Morgan fingerprint density at radius 3 is 2.54 bits per heavy atom. The number of rotatable bonds is 7. The third-order valence-electron chi connectivity index (χ3n) is 3.31. The molecule has 2 rings (SSSR count). The average molecular weight is 350 g/mol. The molecule has 0 aliphatic heterocycles. The number of aliphatic hydroxyl groups is 1. The number of thiazole rings is 1. The minimum atomic E-state index is -0.361. The van der Waals surface area contributed by atoms with Gasteiger partial charge in [0.2, 0.25) is 0 Å². The first-order valence-electron chi connectivity index (χ1n) is 7.86. The van der Waals surface area contributed by atoms with Crippen molar-refractivity contribution in [2.75, 3.05) is 19.8 Å². The Balaban J connectivity index is 2.43. The summed E-state index contributed by atoms with van der Waals surface area (Å²) in [6.45, 7) is 6.81. The lowest BCUT2D eigenvalue weighted by Gasteiger charge is -2.05. The van der Waals surface area contributed by atoms with Crippen LogP contribution in [0.25, 0.3) is 0 Å². The fourth-order valence-electron chi connectivity index (χ4n) is 2.21. The van der Waals surface area contributed by atoms with Gasteiger partial charge in [0, 0.05) is 12.2 Å². The Bertz CT molecular complexity index is 747. The van der Waals surface area contributed by atoms with Crippen molar-refractivity contribution in [1.82, 2.24) is 4.57 Å². The Morgan fingerprint density at radius 1 is 1.25 bits per heavy atom. The Kier molecular flexibility index (Phi) is 6.57. The topological polar surface area (TPSA) is 73.0 Å². The number of benzene rings is 1. The van der Waals surface area contributed by atoms with E-state index in [0.717, 1.165) is 17.1 Å². The van der Waals surface area contributed by atoms with Crippen LogP contribution in [0.5, 0.6) is 5.75 Å². The highest BCUT2D eigenvalue weighted by molar-refractivity contribution is 7.11. The second-order valence-electron chi connectivity index (χ2n) is 4.93. The number of hydrogen-bond donors (Lipinski definition) is 1. The number of carbonyl (C=O) groups excluding carboxylic acids is 1. The summed E-state index contributed by atoms with van der Waals surface area (Å²) in [7, 11) is 0. The maximum absolute atomic E-state index is 12.1. The second-order valence-corrected chi connectivity index (χ2v) is 5.91. The SMILES string of the molecule is CCOC(=O)c1sc(=Nc2ccc(OCC)cc2)n(CCO)c1C. The summed E-state index contributed by atoms with van der Waals surface area (Å²) in [5.41, 5.74) is 1.50. The van der Waals surface area contributed by atoms with Gasteiger partial charge in [-0.2, -0.15) is 0 Å². The van der Waals surface area contributed by atoms with E-state index in [0.29, 0.717) is 29.4 Å². The third kappa shape index (κ3) is 4.24. The van der Waals surface area contributed by atoms with E-state index in [-0.39, 0.29) is 12.6 Å². The summed E-state index contributed by atoms with van der Waals surface area (Å²) >= 11 is 1.26. The quantitative estimate of drug-likeness (QED) is 0.779. The van der Waals surface area contributed by atoms with Crippen LogP contribution in [0.2, 0.25) is 0 Å². The predicted molar refractivity (Wildman–Crippen MR) is 92.9 cm³/mol. The highest BCUT2D eigenvalue weighted by atomic mass is 32.1. The molecule has 7 heteroatoms. The van der Waals surface area contributed by atoms with E-state index >= 15 is 0 Å². The molecule has 1 aromatic heterocycles. The second kappa shape index (κ2) is 8.65. The molecule has 1 N–H and O–H groups in total. The normalized spacial score (nSPS) is 11.6. The van der Waals surface area contributed by atoms with Crippen LogP contribution in [0.4, 0.5) is 5.69 Å². The monoisotopic (exact) mass is 350 g/mol. The molecule has 130 valence electrons. The zero-order chi connectivity index (χ0) is 17.5. The zero-order valence-electron chi connectivity index (χ0n) is 14.1. The largest absolute Gasteiger partial charge is 0.494 e. The first kappa shape index (κ1) is 18.2. The van der Waals surface area contributed by atoms with Gasteiger partial charge in [-0.05, 0) is 45.0 Å². The molecule has 0 bridgehead atoms. The summed E-state index contributed by atoms with van der Waals surface area (Å²) in [5, 5.41) is 9.29. The molecule has 1 aromatic carbocycles. The number of aliphatic hydroxyl groups excluding tert-OH is 1. The van der Waals surface area contributed by atoms with Crippen LogP contribution < -0.4 is 9.54 Å². The predicted octanol–water partition coefficient (Wildman–Crippen LogP) is 2.66. The summed E-state index contributed by atoms with van der Waals surface area (Å²) in [4.78, 5) is 17.8. The molecular weight excluding hydrogens is 328 g/mol. The van der Waals surface area contributed by atoms with Gasteiger partial charge in [0.15, 0.2) is 4.80 Å². The molecule has 24 heavy (non-hydrogen) atoms. The molecule has 0 fully saturated rings. The number of nitrogens with zero attached hydrogens (tertiary/aromatic N) is 2. The van der Waals surface area contributed by atoms with Crippen molar-refractivity contribution < 1.29 is 19.4 Å². The van der Waals surface area contributed by atoms with Crippen LogP contribution in [0, 0.1) is 6.92 Å². The minimum Gasteiger partial charge on any atom is -0.494 e. The van der Waals surface area contributed by atoms with Crippen LogP contribution in [0.1, 0.15) is 29.2 Å². The van der Waals surface area contributed by atoms with Gasteiger partial charge in [0.25, 0.3) is 0 Å². The van der Waals surface area contributed by atoms with Crippen molar-refractivity contribution in [2.24, 2.45) is 4.99 Å². The molecule has 6 nitrogen and oxygen atoms in total. The molecule has 0 aliphatic carbocycles. The number of aromatic nitrogens is 1. The van der Waals surface area contributed by atoms with E-state index in [9.17, 15) is 9.90 Å². The molecule has 0 atom stereocenters. The Labute approximate surface area is 145 Å². The summed E-state index contributed by atoms with van der Waals surface area (Å²) in [6.07, 6.45) is 0. The summed E-state index contributed by atoms with van der Waals surface area (Å²) in [6, 6.07) is 7.41. The van der Waals surface area contributed by atoms with Crippen LogP contribution in [0.3, 0.4) is 0 Å². The summed E-state index contributed by atoms with van der Waals surface area (Å²) in [5.74, 6) is 0.425. The first-order chi connectivity index (χ1) is 11.6. The van der Waals surface area contributed by atoms with Gasteiger partial charge in [-0.15, -0.1) is 0 Å². The van der Waals surface area contributed by atoms with Gasteiger partial charge in [-0.3, -0.25) is 0 Å². The van der Waals surface area contributed by atoms with Crippen LogP contribution in [0.15, 0.2) is 29.3 Å². The number of hydrogen-bond acceptors (Lipinski definition) is 6.